The molecule has 312 valence electrons. The van der Waals surface area contributed by atoms with E-state index in [1.54, 1.807) is 45.9 Å². The Morgan fingerprint density at radius 2 is 1.64 bits per heavy atom. The number of anilines is 1. The minimum absolute atomic E-state index is 0.0434. The predicted molar refractivity (Wildman–Crippen MR) is 220 cm³/mol. The number of nitrogens with one attached hydrogen (secondary N) is 1. The highest BCUT2D eigenvalue weighted by Crippen LogP contribution is 2.57. The van der Waals surface area contributed by atoms with Crippen LogP contribution in [-0.4, -0.2) is 86.7 Å². The molecule has 1 amide bonds. The lowest BCUT2D eigenvalue weighted by molar-refractivity contribution is -0.160. The Hall–Kier alpha value is -5.22. The van der Waals surface area contributed by atoms with Gasteiger partial charge in [-0.1, -0.05) is 45.9 Å². The average molecular weight is 821 g/mol. The Balaban J connectivity index is 1.73. The summed E-state index contributed by atoms with van der Waals surface area (Å²) in [5, 5.41) is 60.2. The Labute approximate surface area is 341 Å². The fourth-order valence-corrected chi connectivity index (χ4v) is 8.23. The number of aliphatic hydroxyl groups is 2. The third kappa shape index (κ3) is 8.35. The molecule has 15 heteroatoms. The van der Waals surface area contributed by atoms with Gasteiger partial charge in [0.2, 0.25) is 0 Å². The van der Waals surface area contributed by atoms with E-state index < -0.39 is 88.8 Å². The van der Waals surface area contributed by atoms with Gasteiger partial charge in [-0.3, -0.25) is 14.4 Å². The molecule has 1 aromatic heterocycles. The molecule has 6 N–H and O–H groups in total. The number of hydrogen-bond acceptors (Lipinski definition) is 14. The van der Waals surface area contributed by atoms with E-state index in [9.17, 15) is 39.9 Å². The summed E-state index contributed by atoms with van der Waals surface area (Å²) < 4.78 is 23.5. The number of esters is 1. The van der Waals surface area contributed by atoms with E-state index in [1.165, 1.54) is 70.8 Å². The second-order valence-electron chi connectivity index (χ2n) is 15.3. The molecule has 2 aromatic carbocycles. The zero-order valence-electron chi connectivity index (χ0n) is 34.2. The van der Waals surface area contributed by atoms with E-state index in [4.69, 9.17) is 18.9 Å². The molecule has 0 spiro atoms. The van der Waals surface area contributed by atoms with Gasteiger partial charge in [0.1, 0.15) is 29.0 Å². The van der Waals surface area contributed by atoms with Gasteiger partial charge in [-0.25, -0.2) is 4.99 Å². The van der Waals surface area contributed by atoms with Gasteiger partial charge in [-0.05, 0) is 39.0 Å². The summed E-state index contributed by atoms with van der Waals surface area (Å²) in [4.78, 5) is 46.5. The van der Waals surface area contributed by atoms with Crippen LogP contribution in [0.1, 0.15) is 74.1 Å². The van der Waals surface area contributed by atoms with Gasteiger partial charge in [0.25, 0.3) is 11.7 Å². The van der Waals surface area contributed by atoms with Crippen molar-refractivity contribution in [1.82, 2.24) is 0 Å². The van der Waals surface area contributed by atoms with Crippen LogP contribution < -0.4 is 10.1 Å². The number of nitrogens with zero attached hydrogens (tertiary/aromatic N) is 1. The molecule has 14 nitrogen and oxygen atoms in total. The summed E-state index contributed by atoms with van der Waals surface area (Å²) in [6, 6.07) is 3.67. The molecule has 0 saturated carbocycles. The number of phenolic OH excluding ortho intramolecular Hbond substituents is 3. The van der Waals surface area contributed by atoms with E-state index in [1.807, 2.05) is 13.0 Å². The van der Waals surface area contributed by atoms with Crippen LogP contribution >= 0.6 is 11.3 Å². The first-order valence-electron chi connectivity index (χ1n) is 18.9. The van der Waals surface area contributed by atoms with Gasteiger partial charge < -0.3 is 49.8 Å². The number of aryl methyl sites for hydroxylation is 1. The normalized spacial score (nSPS) is 30.4. The van der Waals surface area contributed by atoms with Crippen LogP contribution in [0.3, 0.4) is 0 Å². The highest BCUT2D eigenvalue weighted by Gasteiger charge is 2.50. The first-order valence-corrected chi connectivity index (χ1v) is 19.7. The second-order valence-corrected chi connectivity index (χ2v) is 16.6. The number of fused-ring (bicyclic) bond motifs is 14. The van der Waals surface area contributed by atoms with Crippen LogP contribution in [0.2, 0.25) is 0 Å². The monoisotopic (exact) mass is 820 g/mol. The Kier molecular flexibility index (Phi) is 13.1. The van der Waals surface area contributed by atoms with E-state index in [-0.39, 0.29) is 44.6 Å². The molecular formula is C43H52N2O12S. The number of amides is 1. The Morgan fingerprint density at radius 3 is 2.26 bits per heavy atom. The molecule has 4 heterocycles. The molecule has 3 aromatic rings. The molecular weight excluding hydrogens is 769 g/mol. The second kappa shape index (κ2) is 17.3. The number of carbonyl (C=O) groups is 3. The van der Waals surface area contributed by atoms with Crippen molar-refractivity contribution in [2.24, 2.45) is 28.7 Å². The van der Waals surface area contributed by atoms with Crippen LogP contribution in [-0.2, 0) is 23.8 Å². The maximum atomic E-state index is 14.4. The van der Waals surface area contributed by atoms with Gasteiger partial charge in [0, 0.05) is 77.1 Å². The van der Waals surface area contributed by atoms with E-state index >= 15 is 0 Å². The number of aliphatic hydroxyl groups excluding tert-OH is 2. The average Bonchev–Trinajstić information content (AvgIpc) is 3.72. The number of thiophene rings is 1. The summed E-state index contributed by atoms with van der Waals surface area (Å²) in [6.45, 7) is 14.4. The van der Waals surface area contributed by atoms with Crippen LogP contribution in [0.15, 0.2) is 53.3 Å². The lowest BCUT2D eigenvalue weighted by Gasteiger charge is -2.38. The summed E-state index contributed by atoms with van der Waals surface area (Å²) in [5.74, 6) is -8.55. The summed E-state index contributed by atoms with van der Waals surface area (Å²) in [7, 11) is 1.43. The fourth-order valence-electron chi connectivity index (χ4n) is 7.48. The number of Topliss-reactive ketones (excluding diaryl/α,β-unsaturated/α-hetero) is 1. The molecule has 3 aliphatic heterocycles. The zero-order valence-corrected chi connectivity index (χ0v) is 35.0. The third-order valence-electron chi connectivity index (χ3n) is 11.1. The number of aromatic hydroxyl groups is 3. The Morgan fingerprint density at radius 1 is 0.948 bits per heavy atom. The first-order chi connectivity index (χ1) is 27.2. The van der Waals surface area contributed by atoms with Gasteiger partial charge in [0.05, 0.1) is 35.5 Å². The van der Waals surface area contributed by atoms with Crippen molar-refractivity contribution < 1.29 is 58.9 Å². The molecule has 0 radical (unpaired) electrons. The van der Waals surface area contributed by atoms with E-state index in [0.717, 1.165) is 4.88 Å². The molecule has 58 heavy (non-hydrogen) atoms. The number of aliphatic imine (C=N–C) groups is 1. The van der Waals surface area contributed by atoms with Crippen molar-refractivity contribution in [2.45, 2.75) is 92.5 Å². The number of ketones is 1. The lowest BCUT2D eigenvalue weighted by atomic mass is 9.78. The minimum Gasteiger partial charge on any atom is -0.507 e. The largest absolute Gasteiger partial charge is 0.507 e. The molecule has 0 unspecified atom stereocenters. The van der Waals surface area contributed by atoms with Gasteiger partial charge in [-0.2, -0.15) is 0 Å². The highest BCUT2D eigenvalue weighted by atomic mass is 32.1. The first kappa shape index (κ1) is 43.9. The van der Waals surface area contributed by atoms with Gasteiger partial charge >= 0.3 is 11.8 Å². The number of rotatable bonds is 4. The molecule has 0 saturated heterocycles. The number of carbonyl (C=O) groups excluding carboxylic acids is 3. The van der Waals surface area contributed by atoms with E-state index in [0.29, 0.717) is 4.88 Å². The van der Waals surface area contributed by atoms with Crippen LogP contribution in [0.25, 0.3) is 10.8 Å². The van der Waals surface area contributed by atoms with Crippen molar-refractivity contribution in [3.05, 3.63) is 69.2 Å². The third-order valence-corrected chi connectivity index (χ3v) is 12.0. The predicted octanol–water partition coefficient (Wildman–Crippen LogP) is 6.87. The van der Waals surface area contributed by atoms with Crippen molar-refractivity contribution in [2.75, 3.05) is 12.4 Å². The van der Waals surface area contributed by atoms with Crippen molar-refractivity contribution >= 4 is 57.4 Å². The topological polar surface area (TPSA) is 214 Å². The van der Waals surface area contributed by atoms with Crippen LogP contribution in [0.5, 0.6) is 23.0 Å². The summed E-state index contributed by atoms with van der Waals surface area (Å²) >= 11 is 1.41. The van der Waals surface area contributed by atoms with Gasteiger partial charge in [-0.15, -0.1) is 11.3 Å². The number of hydrogen-bond donors (Lipinski definition) is 6. The quantitative estimate of drug-likeness (QED) is 0.0689. The standard InChI is InChI=1S/C43H52N2O12S/c1-19-12-11-13-20(2)42(53)45-33-32(44-18-27-15-14-21(3)58-27)37(50)29-30(38(33)51)36(49)25(7)40-31(29)41(52)43(9,57-40)55-17-16-28(54-10)22(4)39(56-26(8)46)24(6)35(48)23(5)34(19)47/h11-19,22-24,28,34-35,39,47-51H,1-10H3,(H,45,53)/b12-11+,17-16+,20-13-,44-18?/t19-,22-,23-,24-,28+,34+,35+,39-,43+/m1/s1. The molecule has 5 bridgehead atoms. The van der Waals surface area contributed by atoms with Crippen LogP contribution in [0.4, 0.5) is 11.4 Å². The zero-order chi connectivity index (χ0) is 43.0. The smallest absolute Gasteiger partial charge is 0.312 e. The molecule has 3 aliphatic rings. The number of methoxy groups -OCH3 is 1. The maximum Gasteiger partial charge on any atom is 0.312 e. The SMILES string of the molecule is CO[C@H]1/C=C/O[C@@]2(C)Oc3c(C)c(O)c4c(O)c(c(N=Cc5ccc(C)s5)c(O)c4c3C2=O)NC(=O)/C(C)=C\C=C\[C@@H](C)[C@H](O)[C@@H](C)[C@H](O)[C@@H](C)[C@H](OC(C)=O)[C@@H]1C. The summed E-state index contributed by atoms with van der Waals surface area (Å²) in [6.07, 6.45) is 4.94. The molecule has 0 aliphatic carbocycles. The van der Waals surface area contributed by atoms with E-state index in [2.05, 4.69) is 10.3 Å². The van der Waals surface area contributed by atoms with Crippen molar-refractivity contribution in [3.8, 4) is 23.0 Å². The molecule has 9 atom stereocenters. The Bertz CT molecular complexity index is 2220. The number of phenols is 3. The highest BCUT2D eigenvalue weighted by molar-refractivity contribution is 7.13. The minimum atomic E-state index is -2.05. The molecule has 6 rings (SSSR count). The van der Waals surface area contributed by atoms with Crippen molar-refractivity contribution in [3.63, 3.8) is 0 Å². The maximum absolute atomic E-state index is 14.4. The van der Waals surface area contributed by atoms with Crippen LogP contribution in [0, 0.1) is 37.5 Å². The number of ether oxygens (including phenoxy) is 4. The fraction of sp³-hybridized carbons (Fsp3) is 0.442. The lowest BCUT2D eigenvalue weighted by Crippen LogP contribution is -2.46. The van der Waals surface area contributed by atoms with Gasteiger partial charge in [0.15, 0.2) is 11.5 Å². The summed E-state index contributed by atoms with van der Waals surface area (Å²) in [5.41, 5.74) is -0.636. The molecule has 0 fully saturated rings. The number of allylic oxidation sites excluding steroid dienone is 2. The van der Waals surface area contributed by atoms with Crippen molar-refractivity contribution in [1.29, 1.82) is 0 Å². The number of benzene rings is 2.